The molecule has 110 valence electrons. The van der Waals surface area contributed by atoms with Crippen LogP contribution in [0, 0.1) is 5.82 Å². The molecular weight excluding hydrogens is 259 g/mol. The van der Waals surface area contributed by atoms with Gasteiger partial charge in [0.2, 0.25) is 5.91 Å². The summed E-state index contributed by atoms with van der Waals surface area (Å²) in [6, 6.07) is 6.38. The molecule has 1 aliphatic rings. The standard InChI is InChI=1S/C15H21FN2O2/c16-14-5-2-1-4-13(14)12-15(19)17-6-3-7-18-8-10-20-11-9-18/h1-2,4-5H,3,6-12H2,(H,17,19). The summed E-state index contributed by atoms with van der Waals surface area (Å²) in [6.07, 6.45) is 1.01. The molecule has 0 bridgehead atoms. The minimum Gasteiger partial charge on any atom is -0.379 e. The summed E-state index contributed by atoms with van der Waals surface area (Å²) < 4.78 is 18.7. The largest absolute Gasteiger partial charge is 0.379 e. The van der Waals surface area contributed by atoms with Crippen LogP contribution in [0.25, 0.3) is 0 Å². The monoisotopic (exact) mass is 280 g/mol. The van der Waals surface area contributed by atoms with Crippen LogP contribution in [-0.4, -0.2) is 50.2 Å². The van der Waals surface area contributed by atoms with Gasteiger partial charge in [-0.2, -0.15) is 0 Å². The van der Waals surface area contributed by atoms with Crippen molar-refractivity contribution in [2.75, 3.05) is 39.4 Å². The highest BCUT2D eigenvalue weighted by Gasteiger charge is 2.10. The van der Waals surface area contributed by atoms with Gasteiger partial charge < -0.3 is 10.1 Å². The first-order valence-corrected chi connectivity index (χ1v) is 7.06. The number of hydrogen-bond acceptors (Lipinski definition) is 3. The lowest BCUT2D eigenvalue weighted by Gasteiger charge is -2.26. The fraction of sp³-hybridized carbons (Fsp3) is 0.533. The first kappa shape index (κ1) is 14.9. The number of halogens is 1. The fourth-order valence-electron chi connectivity index (χ4n) is 2.23. The number of nitrogens with zero attached hydrogens (tertiary/aromatic N) is 1. The molecule has 2 rings (SSSR count). The Balaban J connectivity index is 1.61. The molecule has 0 aliphatic carbocycles. The Kier molecular flexibility index (Phi) is 5.95. The number of nitrogens with one attached hydrogen (secondary N) is 1. The summed E-state index contributed by atoms with van der Waals surface area (Å²) >= 11 is 0. The zero-order valence-electron chi connectivity index (χ0n) is 11.6. The average molecular weight is 280 g/mol. The molecule has 1 amide bonds. The highest BCUT2D eigenvalue weighted by molar-refractivity contribution is 5.78. The number of morpholine rings is 1. The maximum Gasteiger partial charge on any atom is 0.224 e. The van der Waals surface area contributed by atoms with Gasteiger partial charge in [-0.05, 0) is 24.6 Å². The number of rotatable bonds is 6. The highest BCUT2D eigenvalue weighted by atomic mass is 19.1. The van der Waals surface area contributed by atoms with E-state index in [-0.39, 0.29) is 18.1 Å². The molecular formula is C15H21FN2O2. The fourth-order valence-corrected chi connectivity index (χ4v) is 2.23. The van der Waals surface area contributed by atoms with Crippen molar-refractivity contribution in [2.24, 2.45) is 0 Å². The second-order valence-corrected chi connectivity index (χ2v) is 4.93. The number of amides is 1. The molecule has 4 nitrogen and oxygen atoms in total. The van der Waals surface area contributed by atoms with E-state index >= 15 is 0 Å². The third-order valence-corrected chi connectivity index (χ3v) is 3.39. The minimum atomic E-state index is -0.323. The average Bonchev–Trinajstić information content (AvgIpc) is 2.47. The molecule has 0 saturated carbocycles. The van der Waals surface area contributed by atoms with Crippen molar-refractivity contribution in [3.8, 4) is 0 Å². The van der Waals surface area contributed by atoms with E-state index in [1.54, 1.807) is 18.2 Å². The van der Waals surface area contributed by atoms with E-state index in [1.807, 2.05) is 0 Å². The molecule has 0 unspecified atom stereocenters. The SMILES string of the molecule is O=C(Cc1ccccc1F)NCCCN1CCOCC1. The van der Waals surface area contributed by atoms with Gasteiger partial charge in [-0.15, -0.1) is 0 Å². The maximum atomic E-state index is 13.4. The molecule has 0 spiro atoms. The lowest BCUT2D eigenvalue weighted by Crippen LogP contribution is -2.38. The minimum absolute atomic E-state index is 0.101. The normalized spacial score (nSPS) is 16.1. The number of carbonyl (C=O) groups excluding carboxylic acids is 1. The van der Waals surface area contributed by atoms with E-state index in [2.05, 4.69) is 10.2 Å². The molecule has 1 aliphatic heterocycles. The molecule has 1 heterocycles. The zero-order chi connectivity index (χ0) is 14.2. The van der Waals surface area contributed by atoms with Crippen LogP contribution < -0.4 is 5.32 Å². The number of hydrogen-bond donors (Lipinski definition) is 1. The lowest BCUT2D eigenvalue weighted by atomic mass is 10.1. The Morgan fingerprint density at radius 2 is 2.05 bits per heavy atom. The number of ether oxygens (including phenoxy) is 1. The Bertz CT molecular complexity index is 434. The zero-order valence-corrected chi connectivity index (χ0v) is 11.6. The summed E-state index contributed by atoms with van der Waals surface area (Å²) in [6.45, 7) is 5.10. The second-order valence-electron chi connectivity index (χ2n) is 4.93. The van der Waals surface area contributed by atoms with Gasteiger partial charge in [0.15, 0.2) is 0 Å². The maximum absolute atomic E-state index is 13.4. The second kappa shape index (κ2) is 7.97. The third-order valence-electron chi connectivity index (χ3n) is 3.39. The molecule has 20 heavy (non-hydrogen) atoms. The van der Waals surface area contributed by atoms with E-state index in [9.17, 15) is 9.18 Å². The Morgan fingerprint density at radius 3 is 2.80 bits per heavy atom. The van der Waals surface area contributed by atoms with Crippen LogP contribution in [0.15, 0.2) is 24.3 Å². The summed E-state index contributed by atoms with van der Waals surface area (Å²) in [4.78, 5) is 14.0. The first-order valence-electron chi connectivity index (χ1n) is 7.06. The smallest absolute Gasteiger partial charge is 0.224 e. The number of carbonyl (C=O) groups is 1. The van der Waals surface area contributed by atoms with Gasteiger partial charge in [0, 0.05) is 19.6 Å². The quantitative estimate of drug-likeness (QED) is 0.796. The van der Waals surface area contributed by atoms with Crippen LogP contribution in [0.4, 0.5) is 4.39 Å². The van der Waals surface area contributed by atoms with Gasteiger partial charge >= 0.3 is 0 Å². The lowest BCUT2D eigenvalue weighted by molar-refractivity contribution is -0.120. The van der Waals surface area contributed by atoms with E-state index in [0.717, 1.165) is 39.3 Å². The van der Waals surface area contributed by atoms with Crippen LogP contribution in [-0.2, 0) is 16.0 Å². The topological polar surface area (TPSA) is 41.6 Å². The van der Waals surface area contributed by atoms with E-state index in [1.165, 1.54) is 6.07 Å². The van der Waals surface area contributed by atoms with Crippen LogP contribution in [0.5, 0.6) is 0 Å². The Morgan fingerprint density at radius 1 is 1.30 bits per heavy atom. The molecule has 1 saturated heterocycles. The van der Waals surface area contributed by atoms with Gasteiger partial charge in [0.25, 0.3) is 0 Å². The predicted molar refractivity (Wildman–Crippen MR) is 75.0 cm³/mol. The van der Waals surface area contributed by atoms with Gasteiger partial charge in [0.05, 0.1) is 19.6 Å². The van der Waals surface area contributed by atoms with Crippen molar-refractivity contribution in [3.05, 3.63) is 35.6 Å². The molecule has 5 heteroatoms. The Hall–Kier alpha value is -1.46. The van der Waals surface area contributed by atoms with E-state index in [0.29, 0.717) is 12.1 Å². The molecule has 1 aromatic carbocycles. The van der Waals surface area contributed by atoms with Gasteiger partial charge in [-0.25, -0.2) is 4.39 Å². The summed E-state index contributed by atoms with van der Waals surface area (Å²) in [5, 5.41) is 2.83. The van der Waals surface area contributed by atoms with Gasteiger partial charge in [-0.3, -0.25) is 9.69 Å². The first-order chi connectivity index (χ1) is 9.75. The van der Waals surface area contributed by atoms with Gasteiger partial charge in [0.1, 0.15) is 5.82 Å². The van der Waals surface area contributed by atoms with Crippen LogP contribution in [0.2, 0.25) is 0 Å². The van der Waals surface area contributed by atoms with E-state index < -0.39 is 0 Å². The van der Waals surface area contributed by atoms with Crippen molar-refractivity contribution in [1.82, 2.24) is 10.2 Å². The van der Waals surface area contributed by atoms with Crippen LogP contribution in [0.3, 0.4) is 0 Å². The van der Waals surface area contributed by atoms with Crippen molar-refractivity contribution in [2.45, 2.75) is 12.8 Å². The van der Waals surface area contributed by atoms with Crippen molar-refractivity contribution in [1.29, 1.82) is 0 Å². The molecule has 0 aromatic heterocycles. The summed E-state index contributed by atoms with van der Waals surface area (Å²) in [7, 11) is 0. The molecule has 0 radical (unpaired) electrons. The number of benzene rings is 1. The van der Waals surface area contributed by atoms with Crippen LogP contribution >= 0.6 is 0 Å². The highest BCUT2D eigenvalue weighted by Crippen LogP contribution is 2.06. The van der Waals surface area contributed by atoms with E-state index in [4.69, 9.17) is 4.74 Å². The molecule has 0 atom stereocenters. The Labute approximate surface area is 118 Å². The molecule has 1 N–H and O–H groups in total. The third kappa shape index (κ3) is 4.90. The van der Waals surface area contributed by atoms with Crippen molar-refractivity contribution >= 4 is 5.91 Å². The molecule has 1 fully saturated rings. The van der Waals surface area contributed by atoms with Gasteiger partial charge in [-0.1, -0.05) is 18.2 Å². The van der Waals surface area contributed by atoms with Crippen LogP contribution in [0.1, 0.15) is 12.0 Å². The van der Waals surface area contributed by atoms with Crippen molar-refractivity contribution < 1.29 is 13.9 Å². The summed E-state index contributed by atoms with van der Waals surface area (Å²) in [5.74, 6) is -0.451. The predicted octanol–water partition coefficient (Wildman–Crippen LogP) is 1.21. The summed E-state index contributed by atoms with van der Waals surface area (Å²) in [5.41, 5.74) is 0.443. The molecule has 1 aromatic rings. The van der Waals surface area contributed by atoms with Crippen molar-refractivity contribution in [3.63, 3.8) is 0 Å².